The first-order valence-corrected chi connectivity index (χ1v) is 9.33. The molecule has 0 N–H and O–H groups in total. The number of hydrogen-bond acceptors (Lipinski definition) is 0. The van der Waals surface area contributed by atoms with Gasteiger partial charge in [-0.25, -0.2) is 0 Å². The molecule has 0 saturated heterocycles. The van der Waals surface area contributed by atoms with Crippen LogP contribution in [0.5, 0.6) is 0 Å². The number of fused-ring (bicyclic) bond motifs is 1. The van der Waals surface area contributed by atoms with E-state index in [9.17, 15) is 0 Å². The Bertz CT molecular complexity index is 368. The van der Waals surface area contributed by atoms with Gasteiger partial charge in [-0.3, -0.25) is 0 Å². The standard InChI is InChI=1S/C17H26.2C2H6N.Zr/c1-17(2,14-8-4-5-9-14)16-12-11-13-7-3-6-10-15(13)16;2*1-3-2;/h3,6-7,10,13-16H,4-5,8-9,11-12H2,1-2H3;2*1-2H3;/q;2*-1;+4. The zero-order valence-electron chi connectivity index (χ0n) is 16.8. The maximum absolute atomic E-state index is 3.50. The van der Waals surface area contributed by atoms with E-state index >= 15 is 0 Å². The molecule has 0 aromatic carbocycles. The molecule has 3 atom stereocenters. The fraction of sp³-hybridized carbons (Fsp3) is 0.810. The molecule has 0 aliphatic heterocycles. The summed E-state index contributed by atoms with van der Waals surface area (Å²) < 4.78 is 0. The molecule has 3 unspecified atom stereocenters. The third-order valence-corrected chi connectivity index (χ3v) is 5.94. The summed E-state index contributed by atoms with van der Waals surface area (Å²) in [6, 6.07) is 0. The van der Waals surface area contributed by atoms with Gasteiger partial charge in [-0.2, -0.15) is 28.2 Å². The van der Waals surface area contributed by atoms with Crippen molar-refractivity contribution in [2.45, 2.75) is 52.4 Å². The van der Waals surface area contributed by atoms with E-state index in [-0.39, 0.29) is 26.2 Å². The molecule has 2 fully saturated rings. The van der Waals surface area contributed by atoms with E-state index in [1.54, 1.807) is 28.2 Å². The third-order valence-electron chi connectivity index (χ3n) is 5.94. The number of rotatable bonds is 2. The summed E-state index contributed by atoms with van der Waals surface area (Å²) in [7, 11) is 7.00. The molecule has 0 bridgehead atoms. The molecule has 0 aromatic rings. The first-order valence-electron chi connectivity index (χ1n) is 9.33. The van der Waals surface area contributed by atoms with Crippen molar-refractivity contribution in [2.75, 3.05) is 28.2 Å². The molecule has 3 rings (SSSR count). The zero-order valence-corrected chi connectivity index (χ0v) is 19.2. The Morgan fingerprint density at radius 1 is 0.792 bits per heavy atom. The predicted molar refractivity (Wildman–Crippen MR) is 104 cm³/mol. The topological polar surface area (TPSA) is 28.2 Å². The average Bonchev–Trinajstić information content (AvgIpc) is 3.19. The van der Waals surface area contributed by atoms with Gasteiger partial charge >= 0.3 is 26.2 Å². The first-order chi connectivity index (χ1) is 11.0. The Morgan fingerprint density at radius 3 is 1.83 bits per heavy atom. The summed E-state index contributed by atoms with van der Waals surface area (Å²) in [5.41, 5.74) is 0.561. The van der Waals surface area contributed by atoms with Crippen molar-refractivity contribution < 1.29 is 26.2 Å². The van der Waals surface area contributed by atoms with E-state index in [0.29, 0.717) is 5.41 Å². The molecule has 0 amide bonds. The second-order valence-corrected chi connectivity index (χ2v) is 7.89. The van der Waals surface area contributed by atoms with Crippen molar-refractivity contribution in [2.24, 2.45) is 29.1 Å². The van der Waals surface area contributed by atoms with Gasteiger partial charge < -0.3 is 10.6 Å². The second kappa shape index (κ2) is 12.6. The van der Waals surface area contributed by atoms with Gasteiger partial charge in [0.05, 0.1) is 0 Å². The van der Waals surface area contributed by atoms with Crippen LogP contribution in [0.4, 0.5) is 0 Å². The van der Waals surface area contributed by atoms with Crippen LogP contribution in [0.3, 0.4) is 0 Å². The van der Waals surface area contributed by atoms with Gasteiger partial charge in [0, 0.05) is 0 Å². The van der Waals surface area contributed by atoms with Gasteiger partial charge in [-0.1, -0.05) is 51.0 Å². The maximum atomic E-state index is 3.50. The zero-order chi connectivity index (χ0) is 17.3. The average molecular weight is 410 g/mol. The molecular weight excluding hydrogens is 371 g/mol. The largest absolute Gasteiger partial charge is 4.00 e. The number of nitrogens with zero attached hydrogens (tertiary/aromatic N) is 2. The molecule has 24 heavy (non-hydrogen) atoms. The molecule has 0 aromatic heterocycles. The summed E-state index contributed by atoms with van der Waals surface area (Å²) in [5.74, 6) is 3.61. The fourth-order valence-electron chi connectivity index (χ4n) is 4.80. The minimum atomic E-state index is 0. The number of allylic oxidation sites excluding steroid dienone is 4. The fourth-order valence-corrected chi connectivity index (χ4v) is 4.80. The van der Waals surface area contributed by atoms with Crippen molar-refractivity contribution >= 4 is 0 Å². The SMILES string of the molecule is CC(C)(C1CCCC1)C1CCC2C=CC=CC21.C[N-]C.C[N-]C.[Zr+4]. The van der Waals surface area contributed by atoms with Crippen molar-refractivity contribution in [1.29, 1.82) is 0 Å². The van der Waals surface area contributed by atoms with E-state index in [0.717, 1.165) is 23.7 Å². The molecule has 0 heterocycles. The van der Waals surface area contributed by atoms with Gasteiger partial charge in [0.15, 0.2) is 0 Å². The van der Waals surface area contributed by atoms with E-state index in [1.165, 1.54) is 38.5 Å². The molecule has 3 aliphatic rings. The molecular formula is C21H38N2Zr+2. The Hall–Kier alpha value is 0.283. The molecule has 134 valence electrons. The molecule has 3 heteroatoms. The van der Waals surface area contributed by atoms with Crippen molar-refractivity contribution in [1.82, 2.24) is 0 Å². The van der Waals surface area contributed by atoms with Crippen LogP contribution in [0.1, 0.15) is 52.4 Å². The smallest absolute Gasteiger partial charge is 0.668 e. The van der Waals surface area contributed by atoms with E-state index < -0.39 is 0 Å². The molecule has 0 radical (unpaired) electrons. The van der Waals surface area contributed by atoms with Gasteiger partial charge in [0.2, 0.25) is 0 Å². The maximum Gasteiger partial charge on any atom is 4.00 e. The van der Waals surface area contributed by atoms with Gasteiger partial charge in [-0.05, 0) is 54.8 Å². The Labute approximate surface area is 170 Å². The second-order valence-electron chi connectivity index (χ2n) is 7.89. The summed E-state index contributed by atoms with van der Waals surface area (Å²) >= 11 is 0. The summed E-state index contributed by atoms with van der Waals surface area (Å²) in [5, 5.41) is 7.00. The quantitative estimate of drug-likeness (QED) is 0.519. The Balaban J connectivity index is 0.000000668. The molecule has 2 saturated carbocycles. The van der Waals surface area contributed by atoms with Crippen molar-refractivity contribution in [3.63, 3.8) is 0 Å². The van der Waals surface area contributed by atoms with Crippen LogP contribution in [0, 0.1) is 29.1 Å². The Kier molecular flexibility index (Phi) is 12.8. The Morgan fingerprint density at radius 2 is 1.29 bits per heavy atom. The van der Waals surface area contributed by atoms with Crippen LogP contribution in [0.15, 0.2) is 24.3 Å². The number of hydrogen-bond donors (Lipinski definition) is 0. The van der Waals surface area contributed by atoms with Gasteiger partial charge in [0.1, 0.15) is 0 Å². The van der Waals surface area contributed by atoms with E-state index in [1.807, 2.05) is 0 Å². The summed E-state index contributed by atoms with van der Waals surface area (Å²) in [6.45, 7) is 5.12. The minimum Gasteiger partial charge on any atom is -0.668 e. The first kappa shape index (κ1) is 24.3. The van der Waals surface area contributed by atoms with Gasteiger partial charge in [0.25, 0.3) is 0 Å². The van der Waals surface area contributed by atoms with Crippen LogP contribution < -0.4 is 0 Å². The summed E-state index contributed by atoms with van der Waals surface area (Å²) in [6.07, 6.45) is 18.3. The van der Waals surface area contributed by atoms with Crippen LogP contribution >= 0.6 is 0 Å². The monoisotopic (exact) mass is 408 g/mol. The van der Waals surface area contributed by atoms with Crippen LogP contribution in [-0.4, -0.2) is 28.2 Å². The van der Waals surface area contributed by atoms with Crippen molar-refractivity contribution in [3.8, 4) is 0 Å². The molecule has 0 spiro atoms. The third kappa shape index (κ3) is 6.54. The van der Waals surface area contributed by atoms with Crippen LogP contribution in [-0.2, 0) is 26.2 Å². The van der Waals surface area contributed by atoms with E-state index in [2.05, 4.69) is 48.8 Å². The molecule has 2 nitrogen and oxygen atoms in total. The van der Waals surface area contributed by atoms with E-state index in [4.69, 9.17) is 0 Å². The van der Waals surface area contributed by atoms with Crippen molar-refractivity contribution in [3.05, 3.63) is 34.9 Å². The van der Waals surface area contributed by atoms with Gasteiger partial charge in [-0.15, -0.1) is 0 Å². The van der Waals surface area contributed by atoms with Crippen LogP contribution in [0.2, 0.25) is 0 Å². The summed E-state index contributed by atoms with van der Waals surface area (Å²) in [4.78, 5) is 0. The van der Waals surface area contributed by atoms with Crippen LogP contribution in [0.25, 0.3) is 10.6 Å². The normalized spacial score (nSPS) is 28.2. The molecule has 3 aliphatic carbocycles. The minimum absolute atomic E-state index is 0. The predicted octanol–water partition coefficient (Wildman–Crippen LogP) is 6.21.